The lowest BCUT2D eigenvalue weighted by Gasteiger charge is -2.56. The predicted molar refractivity (Wildman–Crippen MR) is 69.8 cm³/mol. The van der Waals surface area contributed by atoms with Gasteiger partial charge in [-0.15, -0.1) is 10.2 Å². The molecule has 18 heavy (non-hydrogen) atoms. The summed E-state index contributed by atoms with van der Waals surface area (Å²) in [7, 11) is 0. The third-order valence-electron chi connectivity index (χ3n) is 4.92. The molecule has 2 aliphatic rings. The van der Waals surface area contributed by atoms with Gasteiger partial charge in [-0.3, -0.25) is 4.90 Å². The second kappa shape index (κ2) is 4.31. The predicted octanol–water partition coefficient (Wildman–Crippen LogP) is 0.857. The summed E-state index contributed by atoms with van der Waals surface area (Å²) in [6.07, 6.45) is 4.32. The highest BCUT2D eigenvalue weighted by Gasteiger charge is 2.48. The normalized spacial score (nSPS) is 32.3. The molecule has 5 heteroatoms. The van der Waals surface area contributed by atoms with Gasteiger partial charge in [0.05, 0.1) is 6.54 Å². The Bertz CT molecular complexity index is 419. The average Bonchev–Trinajstić information content (AvgIpc) is 2.75. The molecule has 0 bridgehead atoms. The van der Waals surface area contributed by atoms with Crippen LogP contribution in [0.2, 0.25) is 0 Å². The van der Waals surface area contributed by atoms with Crippen LogP contribution in [-0.4, -0.2) is 38.3 Å². The minimum Gasteiger partial charge on any atom is -0.329 e. The summed E-state index contributed by atoms with van der Waals surface area (Å²) in [4.78, 5) is 2.54. The maximum absolute atomic E-state index is 6.07. The number of rotatable bonds is 3. The lowest BCUT2D eigenvalue weighted by atomic mass is 9.63. The Labute approximate surface area is 108 Å². The molecule has 2 N–H and O–H groups in total. The molecular formula is C13H23N5. The number of hydrogen-bond acceptors (Lipinski definition) is 4. The Hall–Kier alpha value is -0.940. The Morgan fingerprint density at radius 2 is 2.22 bits per heavy atom. The van der Waals surface area contributed by atoms with Crippen molar-refractivity contribution in [3.8, 4) is 0 Å². The van der Waals surface area contributed by atoms with E-state index in [9.17, 15) is 0 Å². The van der Waals surface area contributed by atoms with Crippen molar-refractivity contribution in [3.05, 3.63) is 12.2 Å². The maximum Gasteiger partial charge on any atom is 0.147 e. The number of nitrogens with zero attached hydrogens (tertiary/aromatic N) is 4. The second-order valence-corrected chi connectivity index (χ2v) is 6.20. The molecule has 1 aromatic rings. The van der Waals surface area contributed by atoms with E-state index in [1.807, 2.05) is 6.33 Å². The standard InChI is InChI=1S/C13H23N5/c1-10(2)11-5-13(6-11,8-14)18-4-3-17-9-15-16-12(17)7-18/h9-11H,3-8,14H2,1-2H3. The van der Waals surface area contributed by atoms with Gasteiger partial charge in [0, 0.05) is 25.2 Å². The Kier molecular flexibility index (Phi) is 2.90. The SMILES string of the molecule is CC(C)C1CC(CN)(N2CCn3cnnc3C2)C1. The van der Waals surface area contributed by atoms with Crippen molar-refractivity contribution in [2.45, 2.75) is 45.3 Å². The number of fused-ring (bicyclic) bond motifs is 1. The van der Waals surface area contributed by atoms with E-state index in [1.54, 1.807) is 0 Å². The van der Waals surface area contributed by atoms with Crippen LogP contribution in [0.4, 0.5) is 0 Å². The molecule has 3 rings (SSSR count). The first kappa shape index (κ1) is 12.1. The summed E-state index contributed by atoms with van der Waals surface area (Å²) >= 11 is 0. The summed E-state index contributed by atoms with van der Waals surface area (Å²) in [6.45, 7) is 8.38. The topological polar surface area (TPSA) is 60.0 Å². The second-order valence-electron chi connectivity index (χ2n) is 6.20. The molecule has 0 spiro atoms. The molecule has 0 atom stereocenters. The molecule has 5 nitrogen and oxygen atoms in total. The van der Waals surface area contributed by atoms with Crippen molar-refractivity contribution < 1.29 is 0 Å². The van der Waals surface area contributed by atoms with Gasteiger partial charge in [0.1, 0.15) is 12.2 Å². The van der Waals surface area contributed by atoms with Gasteiger partial charge in [0.15, 0.2) is 0 Å². The first-order chi connectivity index (χ1) is 8.64. The van der Waals surface area contributed by atoms with Crippen molar-refractivity contribution >= 4 is 0 Å². The molecule has 0 aromatic carbocycles. The molecular weight excluding hydrogens is 226 g/mol. The van der Waals surface area contributed by atoms with Gasteiger partial charge in [-0.25, -0.2) is 0 Å². The third kappa shape index (κ3) is 1.77. The van der Waals surface area contributed by atoms with E-state index < -0.39 is 0 Å². The Morgan fingerprint density at radius 3 is 2.89 bits per heavy atom. The van der Waals surface area contributed by atoms with E-state index in [1.165, 1.54) is 12.8 Å². The zero-order valence-electron chi connectivity index (χ0n) is 11.3. The van der Waals surface area contributed by atoms with Crippen LogP contribution in [0.15, 0.2) is 6.33 Å². The van der Waals surface area contributed by atoms with E-state index >= 15 is 0 Å². The lowest BCUT2D eigenvalue weighted by molar-refractivity contribution is -0.0502. The van der Waals surface area contributed by atoms with Gasteiger partial charge >= 0.3 is 0 Å². The maximum atomic E-state index is 6.07. The summed E-state index contributed by atoms with van der Waals surface area (Å²) in [5.41, 5.74) is 6.30. The molecule has 0 unspecified atom stereocenters. The van der Waals surface area contributed by atoms with Gasteiger partial charge in [-0.1, -0.05) is 13.8 Å². The molecule has 1 aliphatic heterocycles. The minimum atomic E-state index is 0.228. The van der Waals surface area contributed by atoms with Gasteiger partial charge in [-0.05, 0) is 24.7 Å². The molecule has 1 aliphatic carbocycles. The fraction of sp³-hybridized carbons (Fsp3) is 0.846. The van der Waals surface area contributed by atoms with Crippen LogP contribution in [0.1, 0.15) is 32.5 Å². The van der Waals surface area contributed by atoms with Gasteiger partial charge in [-0.2, -0.15) is 0 Å². The fourth-order valence-electron chi connectivity index (χ4n) is 3.41. The molecule has 1 aromatic heterocycles. The molecule has 100 valence electrons. The lowest BCUT2D eigenvalue weighted by Crippen LogP contribution is -2.63. The molecule has 1 saturated carbocycles. The number of nitrogens with two attached hydrogens (primary N) is 1. The van der Waals surface area contributed by atoms with Crippen LogP contribution in [0.3, 0.4) is 0 Å². The zero-order chi connectivity index (χ0) is 12.8. The molecule has 2 heterocycles. The van der Waals surface area contributed by atoms with Crippen LogP contribution in [-0.2, 0) is 13.1 Å². The number of aromatic nitrogens is 3. The summed E-state index contributed by atoms with van der Waals surface area (Å²) in [5, 5.41) is 8.19. The van der Waals surface area contributed by atoms with Crippen LogP contribution < -0.4 is 5.73 Å². The first-order valence-electron chi connectivity index (χ1n) is 6.96. The van der Waals surface area contributed by atoms with Crippen molar-refractivity contribution in [1.82, 2.24) is 19.7 Å². The van der Waals surface area contributed by atoms with Crippen LogP contribution in [0.25, 0.3) is 0 Å². The highest BCUT2D eigenvalue weighted by Crippen LogP contribution is 2.46. The van der Waals surface area contributed by atoms with Crippen LogP contribution in [0.5, 0.6) is 0 Å². The van der Waals surface area contributed by atoms with E-state index in [0.717, 1.165) is 43.8 Å². The number of hydrogen-bond donors (Lipinski definition) is 1. The smallest absolute Gasteiger partial charge is 0.147 e. The van der Waals surface area contributed by atoms with Gasteiger partial charge in [0.2, 0.25) is 0 Å². The van der Waals surface area contributed by atoms with E-state index in [4.69, 9.17) is 5.73 Å². The van der Waals surface area contributed by atoms with E-state index in [0.29, 0.717) is 0 Å². The zero-order valence-corrected chi connectivity index (χ0v) is 11.3. The average molecular weight is 249 g/mol. The van der Waals surface area contributed by atoms with Crippen molar-refractivity contribution in [2.24, 2.45) is 17.6 Å². The van der Waals surface area contributed by atoms with Gasteiger partial charge < -0.3 is 10.3 Å². The van der Waals surface area contributed by atoms with E-state index in [-0.39, 0.29) is 5.54 Å². The summed E-state index contributed by atoms with van der Waals surface area (Å²) < 4.78 is 2.15. The highest BCUT2D eigenvalue weighted by molar-refractivity contribution is 5.06. The van der Waals surface area contributed by atoms with Crippen LogP contribution >= 0.6 is 0 Å². The Balaban J connectivity index is 1.72. The van der Waals surface area contributed by atoms with E-state index in [2.05, 4.69) is 33.5 Å². The first-order valence-corrected chi connectivity index (χ1v) is 6.96. The monoisotopic (exact) mass is 249 g/mol. The Morgan fingerprint density at radius 1 is 1.44 bits per heavy atom. The minimum absolute atomic E-state index is 0.228. The summed E-state index contributed by atoms with van der Waals surface area (Å²) in [5.74, 6) is 2.70. The van der Waals surface area contributed by atoms with Gasteiger partial charge in [0.25, 0.3) is 0 Å². The third-order valence-corrected chi connectivity index (χ3v) is 4.92. The summed E-state index contributed by atoms with van der Waals surface area (Å²) in [6, 6.07) is 0. The van der Waals surface area contributed by atoms with Crippen molar-refractivity contribution in [1.29, 1.82) is 0 Å². The quantitative estimate of drug-likeness (QED) is 0.863. The molecule has 0 amide bonds. The largest absolute Gasteiger partial charge is 0.329 e. The van der Waals surface area contributed by atoms with Crippen molar-refractivity contribution in [2.75, 3.05) is 13.1 Å². The van der Waals surface area contributed by atoms with Crippen molar-refractivity contribution in [3.63, 3.8) is 0 Å². The molecule has 0 radical (unpaired) electrons. The highest BCUT2D eigenvalue weighted by atomic mass is 15.3. The molecule has 0 saturated heterocycles. The van der Waals surface area contributed by atoms with Crippen LogP contribution in [0, 0.1) is 11.8 Å². The fourth-order valence-corrected chi connectivity index (χ4v) is 3.41. The molecule has 1 fully saturated rings.